The normalized spacial score (nSPS) is 29.3. The molecular formula is C16H19NO3. The second-order valence-corrected chi connectivity index (χ2v) is 5.81. The van der Waals surface area contributed by atoms with E-state index in [1.807, 2.05) is 30.3 Å². The number of carboxylic acid groups (broad SMARTS) is 1. The Morgan fingerprint density at radius 3 is 2.70 bits per heavy atom. The summed E-state index contributed by atoms with van der Waals surface area (Å²) >= 11 is 0. The van der Waals surface area contributed by atoms with E-state index in [1.54, 1.807) is 0 Å². The van der Waals surface area contributed by atoms with Crippen molar-refractivity contribution < 1.29 is 14.7 Å². The summed E-state index contributed by atoms with van der Waals surface area (Å²) in [5.74, 6) is 0.536. The number of ketones is 1. The van der Waals surface area contributed by atoms with E-state index in [1.165, 1.54) is 4.90 Å². The molecule has 0 radical (unpaired) electrons. The van der Waals surface area contributed by atoms with E-state index in [0.717, 1.165) is 18.4 Å². The molecule has 1 aromatic carbocycles. The molecular weight excluding hydrogens is 254 g/mol. The van der Waals surface area contributed by atoms with E-state index >= 15 is 0 Å². The van der Waals surface area contributed by atoms with Crippen LogP contribution in [0.2, 0.25) is 0 Å². The van der Waals surface area contributed by atoms with Crippen molar-refractivity contribution in [2.45, 2.75) is 31.7 Å². The van der Waals surface area contributed by atoms with Gasteiger partial charge < -0.3 is 10.0 Å². The van der Waals surface area contributed by atoms with Gasteiger partial charge in [-0.15, -0.1) is 0 Å². The summed E-state index contributed by atoms with van der Waals surface area (Å²) in [6.45, 7) is 0.557. The molecule has 3 unspecified atom stereocenters. The molecule has 4 heteroatoms. The first-order valence-corrected chi connectivity index (χ1v) is 7.23. The summed E-state index contributed by atoms with van der Waals surface area (Å²) < 4.78 is 0. The molecule has 3 atom stereocenters. The van der Waals surface area contributed by atoms with Gasteiger partial charge in [-0.3, -0.25) is 4.79 Å². The van der Waals surface area contributed by atoms with Gasteiger partial charge in [0, 0.05) is 24.9 Å². The number of piperidine rings is 1. The minimum Gasteiger partial charge on any atom is -0.465 e. The van der Waals surface area contributed by atoms with Crippen LogP contribution in [0, 0.1) is 11.8 Å². The molecule has 1 aromatic rings. The first-order chi connectivity index (χ1) is 9.66. The number of fused-ring (bicyclic) bond motifs is 1. The van der Waals surface area contributed by atoms with E-state index < -0.39 is 6.09 Å². The maximum absolute atomic E-state index is 12.2. The molecule has 2 fully saturated rings. The van der Waals surface area contributed by atoms with Crippen LogP contribution < -0.4 is 0 Å². The Hall–Kier alpha value is -1.84. The van der Waals surface area contributed by atoms with Gasteiger partial charge >= 0.3 is 6.09 Å². The van der Waals surface area contributed by atoms with Crippen LogP contribution in [0.5, 0.6) is 0 Å². The largest absolute Gasteiger partial charge is 0.465 e. The van der Waals surface area contributed by atoms with Gasteiger partial charge in [-0.1, -0.05) is 30.3 Å². The van der Waals surface area contributed by atoms with E-state index in [-0.39, 0.29) is 17.7 Å². The van der Waals surface area contributed by atoms with E-state index in [2.05, 4.69) is 0 Å². The van der Waals surface area contributed by atoms with Gasteiger partial charge in [0.2, 0.25) is 0 Å². The summed E-state index contributed by atoms with van der Waals surface area (Å²) in [5, 5.41) is 9.41. The first kappa shape index (κ1) is 13.2. The molecule has 1 heterocycles. The number of benzene rings is 1. The number of nitrogens with zero attached hydrogens (tertiary/aromatic N) is 1. The zero-order valence-electron chi connectivity index (χ0n) is 11.4. The molecule has 1 saturated heterocycles. The highest BCUT2D eigenvalue weighted by Crippen LogP contribution is 2.40. The lowest BCUT2D eigenvalue weighted by atomic mass is 9.79. The molecule has 1 aliphatic heterocycles. The highest BCUT2D eigenvalue weighted by Gasteiger charge is 2.46. The highest BCUT2D eigenvalue weighted by molar-refractivity contribution is 5.85. The lowest BCUT2D eigenvalue weighted by Crippen LogP contribution is -2.52. The maximum Gasteiger partial charge on any atom is 0.407 e. The van der Waals surface area contributed by atoms with Gasteiger partial charge in [-0.25, -0.2) is 4.79 Å². The van der Waals surface area contributed by atoms with Crippen LogP contribution in [0.25, 0.3) is 0 Å². The SMILES string of the molecule is O=C1CCC2CCN(C(=O)O)C(Cc3ccccc3)C12. The predicted octanol–water partition coefficient (Wildman–Crippen LogP) is 2.58. The Morgan fingerprint density at radius 2 is 2.00 bits per heavy atom. The predicted molar refractivity (Wildman–Crippen MR) is 74.5 cm³/mol. The van der Waals surface area contributed by atoms with Crippen molar-refractivity contribution in [1.29, 1.82) is 0 Å². The van der Waals surface area contributed by atoms with Crippen molar-refractivity contribution in [2.75, 3.05) is 6.54 Å². The summed E-state index contributed by atoms with van der Waals surface area (Å²) in [7, 11) is 0. The number of carbonyl (C=O) groups is 2. The minimum absolute atomic E-state index is 0.0972. The lowest BCUT2D eigenvalue weighted by Gasteiger charge is -2.41. The topological polar surface area (TPSA) is 57.6 Å². The standard InChI is InChI=1S/C16H19NO3/c18-14-7-6-12-8-9-17(16(19)20)13(15(12)14)10-11-4-2-1-3-5-11/h1-5,12-13,15H,6-10H2,(H,19,20). The number of likely N-dealkylation sites (tertiary alicyclic amines) is 1. The fraction of sp³-hybridized carbons (Fsp3) is 0.500. The van der Waals surface area contributed by atoms with Gasteiger partial charge in [0.15, 0.2) is 0 Å². The number of hydrogen-bond acceptors (Lipinski definition) is 2. The Labute approximate surface area is 118 Å². The number of carbonyl (C=O) groups excluding carboxylic acids is 1. The van der Waals surface area contributed by atoms with Gasteiger partial charge in [0.25, 0.3) is 0 Å². The van der Waals surface area contributed by atoms with Crippen molar-refractivity contribution in [3.05, 3.63) is 35.9 Å². The van der Waals surface area contributed by atoms with Gasteiger partial charge in [0.05, 0.1) is 0 Å². The lowest BCUT2D eigenvalue weighted by molar-refractivity contribution is -0.124. The third-order valence-electron chi connectivity index (χ3n) is 4.73. The van der Waals surface area contributed by atoms with Crippen LogP contribution >= 0.6 is 0 Å². The van der Waals surface area contributed by atoms with Crippen LogP contribution in [-0.4, -0.2) is 34.5 Å². The summed E-state index contributed by atoms with van der Waals surface area (Å²) in [5.41, 5.74) is 1.10. The van der Waals surface area contributed by atoms with Crippen LogP contribution in [0.1, 0.15) is 24.8 Å². The zero-order chi connectivity index (χ0) is 14.1. The second kappa shape index (κ2) is 5.27. The quantitative estimate of drug-likeness (QED) is 0.901. The Kier molecular flexibility index (Phi) is 3.47. The summed E-state index contributed by atoms with van der Waals surface area (Å²) in [6, 6.07) is 9.67. The monoisotopic (exact) mass is 273 g/mol. The second-order valence-electron chi connectivity index (χ2n) is 5.81. The average Bonchev–Trinajstić information content (AvgIpc) is 2.82. The Morgan fingerprint density at radius 1 is 1.25 bits per heavy atom. The van der Waals surface area contributed by atoms with Crippen molar-refractivity contribution in [3.63, 3.8) is 0 Å². The van der Waals surface area contributed by atoms with Gasteiger partial charge in [-0.05, 0) is 30.7 Å². The Balaban J connectivity index is 1.88. The van der Waals surface area contributed by atoms with E-state index in [9.17, 15) is 14.7 Å². The third-order valence-corrected chi connectivity index (χ3v) is 4.73. The number of amides is 1. The molecule has 20 heavy (non-hydrogen) atoms. The highest BCUT2D eigenvalue weighted by atomic mass is 16.4. The molecule has 4 nitrogen and oxygen atoms in total. The van der Waals surface area contributed by atoms with E-state index in [0.29, 0.717) is 25.3 Å². The van der Waals surface area contributed by atoms with Crippen LogP contribution in [0.15, 0.2) is 30.3 Å². The van der Waals surface area contributed by atoms with Crippen molar-refractivity contribution in [2.24, 2.45) is 11.8 Å². The maximum atomic E-state index is 12.2. The smallest absolute Gasteiger partial charge is 0.407 e. The van der Waals surface area contributed by atoms with Crippen LogP contribution in [-0.2, 0) is 11.2 Å². The zero-order valence-corrected chi connectivity index (χ0v) is 11.4. The summed E-state index contributed by atoms with van der Waals surface area (Å²) in [4.78, 5) is 25.1. The molecule has 2 aliphatic rings. The third kappa shape index (κ3) is 2.30. The first-order valence-electron chi connectivity index (χ1n) is 7.23. The molecule has 1 aliphatic carbocycles. The molecule has 1 amide bonds. The molecule has 0 aromatic heterocycles. The molecule has 1 N–H and O–H groups in total. The van der Waals surface area contributed by atoms with Crippen molar-refractivity contribution in [1.82, 2.24) is 4.90 Å². The van der Waals surface area contributed by atoms with Gasteiger partial charge in [-0.2, -0.15) is 0 Å². The molecule has 0 spiro atoms. The Bertz CT molecular complexity index is 514. The van der Waals surface area contributed by atoms with Gasteiger partial charge in [0.1, 0.15) is 5.78 Å². The van der Waals surface area contributed by atoms with Crippen LogP contribution in [0.3, 0.4) is 0 Å². The average molecular weight is 273 g/mol. The fourth-order valence-electron chi connectivity index (χ4n) is 3.78. The molecule has 3 rings (SSSR count). The number of Topliss-reactive ketones (excluding diaryl/α,β-unsaturated/α-hetero) is 1. The van der Waals surface area contributed by atoms with Crippen LogP contribution in [0.4, 0.5) is 4.79 Å². The van der Waals surface area contributed by atoms with E-state index in [4.69, 9.17) is 0 Å². The molecule has 106 valence electrons. The van der Waals surface area contributed by atoms with Crippen molar-refractivity contribution >= 4 is 11.9 Å². The fourth-order valence-corrected chi connectivity index (χ4v) is 3.78. The minimum atomic E-state index is -0.899. The molecule has 1 saturated carbocycles. The summed E-state index contributed by atoms with van der Waals surface area (Å²) in [6.07, 6.45) is 2.12. The molecule has 0 bridgehead atoms. The number of rotatable bonds is 2. The number of hydrogen-bond donors (Lipinski definition) is 1. The van der Waals surface area contributed by atoms with Crippen molar-refractivity contribution in [3.8, 4) is 0 Å².